The third kappa shape index (κ3) is 5.73. The van der Waals surface area contributed by atoms with E-state index in [-0.39, 0.29) is 10.4 Å². The summed E-state index contributed by atoms with van der Waals surface area (Å²) in [4.78, 5) is 5.17. The van der Waals surface area contributed by atoms with E-state index in [9.17, 15) is 8.42 Å². The second kappa shape index (κ2) is 11.1. The number of nitrogens with zero attached hydrogens (tertiary/aromatic N) is 3. The fourth-order valence-corrected chi connectivity index (χ4v) is 5.88. The van der Waals surface area contributed by atoms with Crippen molar-refractivity contribution in [2.45, 2.75) is 56.3 Å². The van der Waals surface area contributed by atoms with Crippen LogP contribution in [0.1, 0.15) is 56.1 Å². The van der Waals surface area contributed by atoms with Crippen LogP contribution in [0.25, 0.3) is 16.9 Å². The van der Waals surface area contributed by atoms with Gasteiger partial charge in [-0.25, -0.2) is 18.1 Å². The zero-order chi connectivity index (χ0) is 25.8. The Morgan fingerprint density at radius 3 is 2.59 bits per heavy atom. The SMILES string of the molecule is [B]c1ccccc1S(=O)(=O)NCCCCNc1cc(-c2ccccc2C2CC2)nc2c(CCC)cnn12. The number of hydrogen-bond donors (Lipinski definition) is 2. The number of anilines is 1. The Balaban J connectivity index is 1.28. The van der Waals surface area contributed by atoms with E-state index in [4.69, 9.17) is 12.8 Å². The fourth-order valence-electron chi connectivity index (χ4n) is 4.67. The molecule has 1 fully saturated rings. The van der Waals surface area contributed by atoms with Crippen molar-refractivity contribution in [3.63, 3.8) is 0 Å². The molecule has 0 aliphatic heterocycles. The van der Waals surface area contributed by atoms with E-state index in [0.29, 0.717) is 25.4 Å². The van der Waals surface area contributed by atoms with E-state index >= 15 is 0 Å². The van der Waals surface area contributed by atoms with Gasteiger partial charge in [0.05, 0.1) is 16.8 Å². The van der Waals surface area contributed by atoms with Gasteiger partial charge < -0.3 is 5.32 Å². The zero-order valence-corrected chi connectivity index (χ0v) is 22.0. The Morgan fingerprint density at radius 2 is 1.81 bits per heavy atom. The van der Waals surface area contributed by atoms with Crippen LogP contribution in [0.2, 0.25) is 0 Å². The fraction of sp³-hybridized carbons (Fsp3) is 0.357. The van der Waals surface area contributed by atoms with E-state index in [1.807, 2.05) is 10.7 Å². The van der Waals surface area contributed by atoms with E-state index < -0.39 is 10.0 Å². The number of rotatable bonds is 12. The molecule has 2 aromatic carbocycles. The van der Waals surface area contributed by atoms with Crippen molar-refractivity contribution < 1.29 is 8.42 Å². The van der Waals surface area contributed by atoms with Crippen molar-refractivity contribution in [1.29, 1.82) is 0 Å². The number of benzene rings is 2. The van der Waals surface area contributed by atoms with Crippen molar-refractivity contribution in [3.8, 4) is 11.3 Å². The van der Waals surface area contributed by atoms with Gasteiger partial charge in [-0.2, -0.15) is 9.61 Å². The highest BCUT2D eigenvalue weighted by atomic mass is 32.2. The van der Waals surface area contributed by atoms with Crippen molar-refractivity contribution in [3.05, 3.63) is 71.9 Å². The molecule has 37 heavy (non-hydrogen) atoms. The van der Waals surface area contributed by atoms with Crippen LogP contribution >= 0.6 is 0 Å². The van der Waals surface area contributed by atoms with Crippen LogP contribution in [0.15, 0.2) is 65.7 Å². The summed E-state index contributed by atoms with van der Waals surface area (Å²) in [6, 6.07) is 17.1. The number of sulfonamides is 1. The van der Waals surface area contributed by atoms with E-state index in [1.54, 1.807) is 18.2 Å². The molecule has 1 aliphatic carbocycles. The molecule has 1 aliphatic rings. The number of fused-ring (bicyclic) bond motifs is 1. The lowest BCUT2D eigenvalue weighted by molar-refractivity contribution is 0.578. The lowest BCUT2D eigenvalue weighted by atomic mass is 9.97. The molecule has 0 bridgehead atoms. The second-order valence-electron chi connectivity index (χ2n) is 9.61. The highest BCUT2D eigenvalue weighted by Crippen LogP contribution is 2.44. The smallest absolute Gasteiger partial charge is 0.239 e. The molecule has 0 amide bonds. The van der Waals surface area contributed by atoms with Crippen molar-refractivity contribution in [2.75, 3.05) is 18.4 Å². The van der Waals surface area contributed by atoms with Gasteiger partial charge in [0.25, 0.3) is 0 Å². The Hall–Kier alpha value is -3.17. The van der Waals surface area contributed by atoms with Gasteiger partial charge in [-0.1, -0.05) is 61.3 Å². The minimum absolute atomic E-state index is 0.118. The van der Waals surface area contributed by atoms with Crippen LogP contribution in [-0.2, 0) is 16.4 Å². The van der Waals surface area contributed by atoms with Gasteiger partial charge in [-0.3, -0.25) is 0 Å². The number of nitrogens with one attached hydrogen (secondary N) is 2. The Kier molecular flexibility index (Phi) is 7.62. The highest BCUT2D eigenvalue weighted by molar-refractivity contribution is 7.89. The quantitative estimate of drug-likeness (QED) is 0.219. The van der Waals surface area contributed by atoms with Crippen LogP contribution in [-0.4, -0.2) is 44.0 Å². The summed E-state index contributed by atoms with van der Waals surface area (Å²) in [5, 5.41) is 8.14. The lowest BCUT2D eigenvalue weighted by Crippen LogP contribution is -2.29. The maximum Gasteiger partial charge on any atom is 0.239 e. The largest absolute Gasteiger partial charge is 0.370 e. The van der Waals surface area contributed by atoms with Gasteiger partial charge in [-0.15, -0.1) is 0 Å². The monoisotopic (exact) mass is 513 g/mol. The third-order valence-corrected chi connectivity index (χ3v) is 8.26. The molecule has 5 rings (SSSR count). The first kappa shape index (κ1) is 25.5. The van der Waals surface area contributed by atoms with Crippen LogP contribution in [0.3, 0.4) is 0 Å². The Bertz CT molecular complexity index is 1500. The van der Waals surface area contributed by atoms with Crippen molar-refractivity contribution in [1.82, 2.24) is 19.3 Å². The van der Waals surface area contributed by atoms with E-state index in [1.165, 1.54) is 30.0 Å². The Labute approximate surface area is 220 Å². The van der Waals surface area contributed by atoms with Gasteiger partial charge in [0, 0.05) is 30.3 Å². The van der Waals surface area contributed by atoms with Crippen LogP contribution in [0, 0.1) is 0 Å². The molecule has 0 unspecified atom stereocenters. The molecule has 190 valence electrons. The molecule has 0 spiro atoms. The summed E-state index contributed by atoms with van der Waals surface area (Å²) in [7, 11) is 2.21. The molecule has 2 heterocycles. The summed E-state index contributed by atoms with van der Waals surface area (Å²) in [6.45, 7) is 3.18. The first-order valence-corrected chi connectivity index (χ1v) is 14.5. The standard InChI is InChI=1S/C28H32BN5O2S/c1-2-9-21-19-31-34-27(18-25(33-28(21)34)23-11-4-3-10-22(23)20-14-15-20)30-16-7-8-17-32-37(35,36)26-13-6-5-12-24(26)29/h3-6,10-13,18-20,30,32H,2,7-9,14-17H2,1H3. The molecule has 2 N–H and O–H groups in total. The van der Waals surface area contributed by atoms with Crippen LogP contribution in [0.5, 0.6) is 0 Å². The summed E-state index contributed by atoms with van der Waals surface area (Å²) < 4.78 is 29.6. The predicted octanol–water partition coefficient (Wildman–Crippen LogP) is 4.19. The van der Waals surface area contributed by atoms with Crippen LogP contribution < -0.4 is 15.5 Å². The normalized spacial score (nSPS) is 13.8. The van der Waals surface area contributed by atoms with Crippen LogP contribution in [0.4, 0.5) is 5.82 Å². The molecule has 7 nitrogen and oxygen atoms in total. The zero-order valence-electron chi connectivity index (χ0n) is 21.2. The maximum absolute atomic E-state index is 12.5. The van der Waals surface area contributed by atoms with Gasteiger partial charge >= 0.3 is 0 Å². The molecule has 0 saturated heterocycles. The first-order chi connectivity index (χ1) is 18.0. The number of aromatic nitrogens is 3. The molecule has 2 aromatic heterocycles. The van der Waals surface area contributed by atoms with Gasteiger partial charge in [-0.05, 0) is 49.7 Å². The minimum atomic E-state index is -3.62. The highest BCUT2D eigenvalue weighted by Gasteiger charge is 2.27. The van der Waals surface area contributed by atoms with E-state index in [2.05, 4.69) is 52.4 Å². The first-order valence-electron chi connectivity index (χ1n) is 13.0. The van der Waals surface area contributed by atoms with Gasteiger partial charge in [0.15, 0.2) is 5.65 Å². The number of aryl methyl sites for hydroxylation is 1. The lowest BCUT2D eigenvalue weighted by Gasteiger charge is -2.14. The predicted molar refractivity (Wildman–Crippen MR) is 149 cm³/mol. The summed E-state index contributed by atoms with van der Waals surface area (Å²) in [5.74, 6) is 1.52. The molecule has 1 saturated carbocycles. The third-order valence-electron chi connectivity index (χ3n) is 6.73. The summed E-state index contributed by atoms with van der Waals surface area (Å²) in [5.41, 5.74) is 5.80. The molecule has 9 heteroatoms. The maximum atomic E-state index is 12.5. The molecular weight excluding hydrogens is 481 g/mol. The molecule has 2 radical (unpaired) electrons. The molecule has 0 atom stereocenters. The molecule has 4 aromatic rings. The summed E-state index contributed by atoms with van der Waals surface area (Å²) >= 11 is 0. The van der Waals surface area contributed by atoms with Gasteiger partial charge in [0.2, 0.25) is 10.0 Å². The van der Waals surface area contributed by atoms with E-state index in [0.717, 1.165) is 42.0 Å². The Morgan fingerprint density at radius 1 is 1.05 bits per heavy atom. The summed E-state index contributed by atoms with van der Waals surface area (Å²) in [6.07, 6.45) is 7.81. The topological polar surface area (TPSA) is 88.4 Å². The number of hydrogen-bond acceptors (Lipinski definition) is 5. The second-order valence-corrected chi connectivity index (χ2v) is 11.3. The number of unbranched alkanes of at least 4 members (excludes halogenated alkanes) is 1. The van der Waals surface area contributed by atoms with Crippen molar-refractivity contribution >= 4 is 34.8 Å². The minimum Gasteiger partial charge on any atom is -0.370 e. The van der Waals surface area contributed by atoms with Crippen molar-refractivity contribution in [2.24, 2.45) is 0 Å². The molecular formula is C28H32BN5O2S. The van der Waals surface area contributed by atoms with Gasteiger partial charge in [0.1, 0.15) is 13.7 Å². The average molecular weight is 513 g/mol. The average Bonchev–Trinajstić information content (AvgIpc) is 3.67.